The van der Waals surface area contributed by atoms with Crippen LogP contribution in [0.25, 0.3) is 0 Å². The number of aryl methyl sites for hydroxylation is 2. The zero-order valence-electron chi connectivity index (χ0n) is 15.1. The number of hydrogen-bond donors (Lipinski definition) is 1. The Morgan fingerprint density at radius 3 is 2.68 bits per heavy atom. The summed E-state index contributed by atoms with van der Waals surface area (Å²) in [6.07, 6.45) is 4.64. The molecular formula is C17H26N6OS. The maximum Gasteiger partial charge on any atom is 0.244 e. The van der Waals surface area contributed by atoms with E-state index in [4.69, 9.17) is 0 Å². The summed E-state index contributed by atoms with van der Waals surface area (Å²) in [7, 11) is 3.68. The highest BCUT2D eigenvalue weighted by Crippen LogP contribution is 2.17. The van der Waals surface area contributed by atoms with Gasteiger partial charge in [-0.25, -0.2) is 4.98 Å². The second-order valence-electron chi connectivity index (χ2n) is 6.36. The summed E-state index contributed by atoms with van der Waals surface area (Å²) in [6.45, 7) is 6.27. The van der Waals surface area contributed by atoms with Crippen molar-refractivity contribution in [1.29, 1.82) is 0 Å². The van der Waals surface area contributed by atoms with Crippen LogP contribution < -0.4 is 5.32 Å². The van der Waals surface area contributed by atoms with E-state index < -0.39 is 0 Å². The molecule has 1 aliphatic heterocycles. The molecule has 1 amide bonds. The molecule has 0 bridgehead atoms. The number of amides is 1. The lowest BCUT2D eigenvalue weighted by Gasteiger charge is -2.36. The normalized spacial score (nSPS) is 17.0. The van der Waals surface area contributed by atoms with Gasteiger partial charge >= 0.3 is 0 Å². The molecule has 1 saturated heterocycles. The van der Waals surface area contributed by atoms with E-state index in [1.165, 1.54) is 5.01 Å². The molecule has 3 heterocycles. The van der Waals surface area contributed by atoms with Crippen LogP contribution in [-0.4, -0.2) is 63.7 Å². The Morgan fingerprint density at radius 2 is 2.12 bits per heavy atom. The molecule has 0 spiro atoms. The van der Waals surface area contributed by atoms with E-state index in [1.807, 2.05) is 25.2 Å². The first kappa shape index (κ1) is 18.0. The minimum atomic E-state index is -0.328. The summed E-state index contributed by atoms with van der Waals surface area (Å²) in [5.41, 5.74) is 2.05. The average molecular weight is 363 g/mol. The third kappa shape index (κ3) is 4.26. The molecule has 2 aromatic rings. The molecule has 0 saturated carbocycles. The smallest absolute Gasteiger partial charge is 0.244 e. The van der Waals surface area contributed by atoms with Gasteiger partial charge in [-0.05, 0) is 13.5 Å². The van der Waals surface area contributed by atoms with Crippen molar-refractivity contribution in [2.75, 3.05) is 33.2 Å². The van der Waals surface area contributed by atoms with Crippen molar-refractivity contribution in [1.82, 2.24) is 29.9 Å². The quantitative estimate of drug-likeness (QED) is 0.832. The van der Waals surface area contributed by atoms with E-state index in [0.717, 1.165) is 50.4 Å². The number of carbonyl (C=O) groups is 1. The lowest BCUT2D eigenvalue weighted by molar-refractivity contribution is -0.135. The monoisotopic (exact) mass is 362 g/mol. The van der Waals surface area contributed by atoms with E-state index in [-0.39, 0.29) is 11.9 Å². The largest absolute Gasteiger partial charge is 0.338 e. The number of aromatic nitrogens is 3. The SMILES string of the molecule is CCc1nc(CN2CCN(C(=O)C(NC)c3cnn(C)c3)CC2)cs1. The summed E-state index contributed by atoms with van der Waals surface area (Å²) >= 11 is 1.73. The third-order valence-electron chi connectivity index (χ3n) is 4.57. The molecule has 25 heavy (non-hydrogen) atoms. The van der Waals surface area contributed by atoms with Gasteiger partial charge in [-0.3, -0.25) is 14.4 Å². The highest BCUT2D eigenvalue weighted by atomic mass is 32.1. The van der Waals surface area contributed by atoms with E-state index in [1.54, 1.807) is 22.2 Å². The summed E-state index contributed by atoms with van der Waals surface area (Å²) in [4.78, 5) is 21.8. The van der Waals surface area contributed by atoms with Gasteiger partial charge in [-0.15, -0.1) is 11.3 Å². The lowest BCUT2D eigenvalue weighted by atomic mass is 10.1. The Morgan fingerprint density at radius 1 is 1.36 bits per heavy atom. The van der Waals surface area contributed by atoms with E-state index in [9.17, 15) is 4.79 Å². The third-order valence-corrected chi connectivity index (χ3v) is 5.61. The van der Waals surface area contributed by atoms with Crippen LogP contribution in [0.15, 0.2) is 17.8 Å². The zero-order valence-corrected chi connectivity index (χ0v) is 15.9. The number of thiazole rings is 1. The number of hydrogen-bond acceptors (Lipinski definition) is 6. The standard InChI is InChI=1S/C17H26N6OS/c1-4-15-20-14(12-25-15)11-22-5-7-23(8-6-22)17(24)16(18-2)13-9-19-21(3)10-13/h9-10,12,16,18H,4-8,11H2,1-3H3. The van der Waals surface area contributed by atoms with Crippen molar-refractivity contribution in [2.45, 2.75) is 25.9 Å². The molecule has 1 fully saturated rings. The summed E-state index contributed by atoms with van der Waals surface area (Å²) in [6, 6.07) is -0.328. The maximum atomic E-state index is 12.8. The molecule has 1 N–H and O–H groups in total. The first-order valence-electron chi connectivity index (χ1n) is 8.71. The van der Waals surface area contributed by atoms with Gasteiger partial charge in [0.1, 0.15) is 6.04 Å². The molecule has 1 atom stereocenters. The van der Waals surface area contributed by atoms with Gasteiger partial charge in [0, 0.05) is 56.9 Å². The number of piperazine rings is 1. The van der Waals surface area contributed by atoms with Gasteiger partial charge < -0.3 is 10.2 Å². The molecular weight excluding hydrogens is 336 g/mol. The van der Waals surface area contributed by atoms with Gasteiger partial charge in [0.15, 0.2) is 0 Å². The van der Waals surface area contributed by atoms with Gasteiger partial charge in [-0.2, -0.15) is 5.10 Å². The van der Waals surface area contributed by atoms with Gasteiger partial charge in [0.25, 0.3) is 0 Å². The molecule has 0 aromatic carbocycles. The topological polar surface area (TPSA) is 66.3 Å². The van der Waals surface area contributed by atoms with Crippen molar-refractivity contribution in [3.8, 4) is 0 Å². The number of nitrogens with zero attached hydrogens (tertiary/aromatic N) is 5. The summed E-state index contributed by atoms with van der Waals surface area (Å²) in [5.74, 6) is 0.122. The van der Waals surface area contributed by atoms with Crippen LogP contribution in [0.2, 0.25) is 0 Å². The fourth-order valence-electron chi connectivity index (χ4n) is 3.14. The first-order valence-corrected chi connectivity index (χ1v) is 9.59. The fraction of sp³-hybridized carbons (Fsp3) is 0.588. The van der Waals surface area contributed by atoms with E-state index in [2.05, 4.69) is 32.6 Å². The summed E-state index contributed by atoms with van der Waals surface area (Å²) in [5, 5.41) is 10.6. The Balaban J connectivity index is 1.54. The molecule has 0 radical (unpaired) electrons. The number of likely N-dealkylation sites (N-methyl/N-ethyl adjacent to an activating group) is 1. The maximum absolute atomic E-state index is 12.8. The molecule has 7 nitrogen and oxygen atoms in total. The van der Waals surface area contributed by atoms with Crippen LogP contribution in [0.3, 0.4) is 0 Å². The fourth-order valence-corrected chi connectivity index (χ4v) is 3.88. The molecule has 136 valence electrons. The minimum Gasteiger partial charge on any atom is -0.338 e. The molecule has 1 aliphatic rings. The molecule has 2 aromatic heterocycles. The van der Waals surface area contributed by atoms with Gasteiger partial charge in [-0.1, -0.05) is 6.92 Å². The molecule has 3 rings (SSSR count). The molecule has 0 aliphatic carbocycles. The van der Waals surface area contributed by atoms with Crippen LogP contribution >= 0.6 is 11.3 Å². The second kappa shape index (κ2) is 8.07. The van der Waals surface area contributed by atoms with Gasteiger partial charge in [0.05, 0.1) is 16.9 Å². The zero-order chi connectivity index (χ0) is 17.8. The second-order valence-corrected chi connectivity index (χ2v) is 7.30. The minimum absolute atomic E-state index is 0.122. The molecule has 8 heteroatoms. The Bertz CT molecular complexity index is 704. The van der Waals surface area contributed by atoms with Crippen molar-refractivity contribution in [3.05, 3.63) is 34.0 Å². The van der Waals surface area contributed by atoms with Crippen LogP contribution in [0.1, 0.15) is 29.2 Å². The van der Waals surface area contributed by atoms with Crippen molar-refractivity contribution >= 4 is 17.2 Å². The number of nitrogens with one attached hydrogen (secondary N) is 1. The Kier molecular flexibility index (Phi) is 5.82. The molecule has 1 unspecified atom stereocenters. The van der Waals surface area contributed by atoms with Crippen molar-refractivity contribution in [3.63, 3.8) is 0 Å². The van der Waals surface area contributed by atoms with Crippen molar-refractivity contribution < 1.29 is 4.79 Å². The van der Waals surface area contributed by atoms with Crippen LogP contribution in [0, 0.1) is 0 Å². The van der Waals surface area contributed by atoms with Crippen LogP contribution in [-0.2, 0) is 24.8 Å². The van der Waals surface area contributed by atoms with E-state index >= 15 is 0 Å². The first-order chi connectivity index (χ1) is 12.1. The van der Waals surface area contributed by atoms with E-state index in [0.29, 0.717) is 0 Å². The van der Waals surface area contributed by atoms with Gasteiger partial charge in [0.2, 0.25) is 5.91 Å². The number of carbonyl (C=O) groups excluding carboxylic acids is 1. The van der Waals surface area contributed by atoms with Crippen molar-refractivity contribution in [2.24, 2.45) is 7.05 Å². The lowest BCUT2D eigenvalue weighted by Crippen LogP contribution is -2.51. The Hall–Kier alpha value is -1.77. The Labute approximate surface area is 152 Å². The predicted molar refractivity (Wildman–Crippen MR) is 98.4 cm³/mol. The summed E-state index contributed by atoms with van der Waals surface area (Å²) < 4.78 is 1.73. The number of rotatable bonds is 6. The predicted octanol–water partition coefficient (Wildman–Crippen LogP) is 1.04. The van der Waals surface area contributed by atoms with Crippen LogP contribution in [0.5, 0.6) is 0 Å². The highest BCUT2D eigenvalue weighted by molar-refractivity contribution is 7.09. The highest BCUT2D eigenvalue weighted by Gasteiger charge is 2.28. The average Bonchev–Trinajstić information content (AvgIpc) is 3.25. The van der Waals surface area contributed by atoms with Crippen LogP contribution in [0.4, 0.5) is 0 Å².